The molecule has 1 aliphatic carbocycles. The summed E-state index contributed by atoms with van der Waals surface area (Å²) < 4.78 is 0. The van der Waals surface area contributed by atoms with Crippen molar-refractivity contribution in [1.29, 1.82) is 0 Å². The quantitative estimate of drug-likeness (QED) is 0.604. The van der Waals surface area contributed by atoms with Crippen LogP contribution in [0.2, 0.25) is 0 Å². The van der Waals surface area contributed by atoms with E-state index in [0.717, 1.165) is 24.8 Å². The molecule has 0 aliphatic heterocycles. The summed E-state index contributed by atoms with van der Waals surface area (Å²) in [5.74, 6) is 0. The number of aryl methyl sites for hydroxylation is 1. The summed E-state index contributed by atoms with van der Waals surface area (Å²) in [6.45, 7) is 4.24. The Balaban J connectivity index is 2.55. The Labute approximate surface area is 109 Å². The van der Waals surface area contributed by atoms with Gasteiger partial charge >= 0.3 is 0 Å². The smallest absolute Gasteiger partial charge is 0.235 e. The zero-order valence-corrected chi connectivity index (χ0v) is 11.6. The van der Waals surface area contributed by atoms with E-state index in [1.54, 1.807) is 6.08 Å². The summed E-state index contributed by atoms with van der Waals surface area (Å²) in [5.41, 5.74) is 4.60. The first kappa shape index (κ1) is 12.8. The highest BCUT2D eigenvalue weighted by Gasteiger charge is 2.39. The number of aliphatic imine (C=N–C) groups is 1. The fourth-order valence-corrected chi connectivity index (χ4v) is 2.64. The van der Waals surface area contributed by atoms with E-state index in [1.807, 2.05) is 14.1 Å². The molecule has 0 saturated heterocycles. The van der Waals surface area contributed by atoms with Gasteiger partial charge in [-0.2, -0.15) is 4.99 Å². The predicted octanol–water partition coefficient (Wildman–Crippen LogP) is 3.08. The van der Waals surface area contributed by atoms with Gasteiger partial charge in [-0.05, 0) is 55.9 Å². The summed E-state index contributed by atoms with van der Waals surface area (Å²) in [5, 5.41) is 0. The summed E-state index contributed by atoms with van der Waals surface area (Å²) in [7, 11) is 4.09. The Morgan fingerprint density at radius 1 is 1.28 bits per heavy atom. The minimum Gasteiger partial charge on any atom is -0.377 e. The maximum atomic E-state index is 10.7. The van der Waals surface area contributed by atoms with E-state index < -0.39 is 0 Å². The number of rotatable bonds is 3. The molecule has 0 bridgehead atoms. The van der Waals surface area contributed by atoms with Crippen molar-refractivity contribution in [3.63, 3.8) is 0 Å². The van der Waals surface area contributed by atoms with Gasteiger partial charge in [-0.1, -0.05) is 6.07 Å². The molecule has 3 nitrogen and oxygen atoms in total. The standard InChI is InChI=1S/C15H20N2O/c1-11-8-13(9-14(12(11)2)17(3)4)15(16-10-18)6-5-7-15/h8-9H,5-7H2,1-4H3. The molecule has 1 aliphatic rings. The van der Waals surface area contributed by atoms with Crippen LogP contribution in [0.4, 0.5) is 5.69 Å². The topological polar surface area (TPSA) is 32.7 Å². The van der Waals surface area contributed by atoms with Crippen molar-refractivity contribution >= 4 is 11.8 Å². The first-order valence-corrected chi connectivity index (χ1v) is 6.38. The molecule has 1 saturated carbocycles. The highest BCUT2D eigenvalue weighted by Crippen LogP contribution is 2.46. The number of hydrogen-bond acceptors (Lipinski definition) is 3. The Morgan fingerprint density at radius 2 is 1.94 bits per heavy atom. The average molecular weight is 244 g/mol. The molecule has 0 spiro atoms. The van der Waals surface area contributed by atoms with Crippen molar-refractivity contribution in [2.24, 2.45) is 4.99 Å². The van der Waals surface area contributed by atoms with Crippen LogP contribution in [0.5, 0.6) is 0 Å². The lowest BCUT2D eigenvalue weighted by atomic mass is 9.71. The first-order chi connectivity index (χ1) is 8.50. The molecule has 0 unspecified atom stereocenters. The molecule has 0 amide bonds. The van der Waals surface area contributed by atoms with Gasteiger partial charge in [0.05, 0.1) is 5.54 Å². The zero-order valence-electron chi connectivity index (χ0n) is 11.6. The van der Waals surface area contributed by atoms with Crippen LogP contribution in [0.1, 0.15) is 36.0 Å². The monoisotopic (exact) mass is 244 g/mol. The molecule has 18 heavy (non-hydrogen) atoms. The Hall–Kier alpha value is -1.60. The molecule has 1 aromatic carbocycles. The largest absolute Gasteiger partial charge is 0.377 e. The van der Waals surface area contributed by atoms with E-state index in [-0.39, 0.29) is 5.54 Å². The molecule has 0 atom stereocenters. The lowest BCUT2D eigenvalue weighted by Crippen LogP contribution is -2.32. The number of isocyanates is 1. The maximum Gasteiger partial charge on any atom is 0.235 e. The van der Waals surface area contributed by atoms with Crippen LogP contribution in [0.25, 0.3) is 0 Å². The molecule has 0 heterocycles. The minimum absolute atomic E-state index is 0.301. The van der Waals surface area contributed by atoms with E-state index >= 15 is 0 Å². The van der Waals surface area contributed by atoms with Crippen LogP contribution in [0.15, 0.2) is 17.1 Å². The van der Waals surface area contributed by atoms with Crippen LogP contribution < -0.4 is 4.90 Å². The summed E-state index contributed by atoms with van der Waals surface area (Å²) in [6.07, 6.45) is 4.80. The fourth-order valence-electron chi connectivity index (χ4n) is 2.64. The van der Waals surface area contributed by atoms with Gasteiger partial charge in [-0.25, -0.2) is 4.79 Å². The molecule has 0 radical (unpaired) electrons. The van der Waals surface area contributed by atoms with Gasteiger partial charge < -0.3 is 4.90 Å². The van der Waals surface area contributed by atoms with Gasteiger partial charge in [0, 0.05) is 19.8 Å². The number of anilines is 1. The highest BCUT2D eigenvalue weighted by atomic mass is 16.1. The predicted molar refractivity (Wildman–Crippen MR) is 73.9 cm³/mol. The third kappa shape index (κ3) is 1.95. The Kier molecular flexibility index (Phi) is 3.27. The van der Waals surface area contributed by atoms with Crippen LogP contribution in [0.3, 0.4) is 0 Å². The third-order valence-electron chi connectivity index (χ3n) is 4.10. The third-order valence-corrected chi connectivity index (χ3v) is 4.10. The molecule has 0 N–H and O–H groups in total. The molecular formula is C15H20N2O. The van der Waals surface area contributed by atoms with Crippen molar-refractivity contribution in [2.75, 3.05) is 19.0 Å². The van der Waals surface area contributed by atoms with Gasteiger partial charge in [0.1, 0.15) is 0 Å². The van der Waals surface area contributed by atoms with Crippen molar-refractivity contribution in [3.8, 4) is 0 Å². The molecular weight excluding hydrogens is 224 g/mol. The molecule has 2 rings (SSSR count). The van der Waals surface area contributed by atoms with Crippen LogP contribution >= 0.6 is 0 Å². The number of hydrogen-bond donors (Lipinski definition) is 0. The van der Waals surface area contributed by atoms with Crippen molar-refractivity contribution in [1.82, 2.24) is 0 Å². The summed E-state index contributed by atoms with van der Waals surface area (Å²) >= 11 is 0. The second-order valence-corrected chi connectivity index (χ2v) is 5.42. The molecule has 1 aromatic rings. The Morgan fingerprint density at radius 3 is 2.39 bits per heavy atom. The SMILES string of the molecule is Cc1cc(C2(N=C=O)CCC2)cc(N(C)C)c1C. The minimum atomic E-state index is -0.301. The number of nitrogens with zero attached hydrogens (tertiary/aromatic N) is 2. The van der Waals surface area contributed by atoms with Crippen molar-refractivity contribution in [3.05, 3.63) is 28.8 Å². The van der Waals surface area contributed by atoms with Gasteiger partial charge in [0.15, 0.2) is 0 Å². The lowest BCUT2D eigenvalue weighted by molar-refractivity contribution is 0.256. The van der Waals surface area contributed by atoms with Crippen molar-refractivity contribution < 1.29 is 4.79 Å². The second-order valence-electron chi connectivity index (χ2n) is 5.42. The van der Waals surface area contributed by atoms with E-state index in [2.05, 4.69) is 35.9 Å². The number of benzene rings is 1. The zero-order chi connectivity index (χ0) is 13.3. The van der Waals surface area contributed by atoms with Crippen LogP contribution in [0, 0.1) is 13.8 Å². The molecule has 96 valence electrons. The Bertz CT molecular complexity index is 509. The van der Waals surface area contributed by atoms with Crippen molar-refractivity contribution in [2.45, 2.75) is 38.6 Å². The normalized spacial score (nSPS) is 16.7. The van der Waals surface area contributed by atoms with E-state index in [1.165, 1.54) is 16.8 Å². The summed E-state index contributed by atoms with van der Waals surface area (Å²) in [6, 6.07) is 4.34. The maximum absolute atomic E-state index is 10.7. The molecule has 1 fully saturated rings. The number of carbonyl (C=O) groups excluding carboxylic acids is 1. The van der Waals surface area contributed by atoms with Gasteiger partial charge in [-0.15, -0.1) is 0 Å². The summed E-state index contributed by atoms with van der Waals surface area (Å²) in [4.78, 5) is 16.8. The van der Waals surface area contributed by atoms with E-state index in [4.69, 9.17) is 0 Å². The highest BCUT2D eigenvalue weighted by molar-refractivity contribution is 5.59. The van der Waals surface area contributed by atoms with E-state index in [0.29, 0.717) is 0 Å². The first-order valence-electron chi connectivity index (χ1n) is 6.38. The van der Waals surface area contributed by atoms with Crippen LogP contribution in [-0.4, -0.2) is 20.2 Å². The van der Waals surface area contributed by atoms with E-state index in [9.17, 15) is 4.79 Å². The lowest BCUT2D eigenvalue weighted by Gasteiger charge is -2.38. The fraction of sp³-hybridized carbons (Fsp3) is 0.533. The van der Waals surface area contributed by atoms with Crippen LogP contribution in [-0.2, 0) is 10.3 Å². The van der Waals surface area contributed by atoms with Gasteiger partial charge in [-0.3, -0.25) is 0 Å². The van der Waals surface area contributed by atoms with Gasteiger partial charge in [0.2, 0.25) is 6.08 Å². The molecule has 3 heteroatoms. The second kappa shape index (κ2) is 4.58. The van der Waals surface area contributed by atoms with Gasteiger partial charge in [0.25, 0.3) is 0 Å². The average Bonchev–Trinajstić information content (AvgIpc) is 2.26. The molecule has 0 aromatic heterocycles.